The van der Waals surface area contributed by atoms with E-state index in [2.05, 4.69) is 12.2 Å². The summed E-state index contributed by atoms with van der Waals surface area (Å²) in [6.45, 7) is 6.71. The Hall–Kier alpha value is -1.44. The van der Waals surface area contributed by atoms with Gasteiger partial charge >= 0.3 is 0 Å². The molecule has 0 aliphatic carbocycles. The Morgan fingerprint density at radius 2 is 2.13 bits per heavy atom. The van der Waals surface area contributed by atoms with E-state index in [1.54, 1.807) is 0 Å². The molecule has 0 saturated heterocycles. The molecule has 80 valence electrons. The molecule has 0 saturated carbocycles. The van der Waals surface area contributed by atoms with E-state index in [9.17, 15) is 0 Å². The van der Waals surface area contributed by atoms with Crippen molar-refractivity contribution in [2.75, 3.05) is 6.61 Å². The third kappa shape index (κ3) is 1.99. The molecule has 1 aromatic rings. The summed E-state index contributed by atoms with van der Waals surface area (Å²) in [6, 6.07) is 5.96. The molecule has 2 rings (SSSR count). The summed E-state index contributed by atoms with van der Waals surface area (Å²) in [6.07, 6.45) is 4.15. The highest BCUT2D eigenvalue weighted by Crippen LogP contribution is 2.38. The molecule has 0 aromatic heterocycles. The molecule has 1 aliphatic rings. The quantitative estimate of drug-likeness (QED) is 0.736. The maximum absolute atomic E-state index is 5.89. The van der Waals surface area contributed by atoms with Gasteiger partial charge in [0.1, 0.15) is 5.60 Å². The van der Waals surface area contributed by atoms with Crippen LogP contribution in [-0.2, 0) is 0 Å². The van der Waals surface area contributed by atoms with Crippen molar-refractivity contribution in [2.24, 2.45) is 0 Å². The van der Waals surface area contributed by atoms with Gasteiger partial charge in [-0.1, -0.05) is 18.2 Å². The minimum atomic E-state index is -0.250. The lowest BCUT2D eigenvalue weighted by Gasteiger charge is -2.29. The molecule has 0 unspecified atom stereocenters. The summed E-state index contributed by atoms with van der Waals surface area (Å²) in [4.78, 5) is 0. The van der Waals surface area contributed by atoms with Gasteiger partial charge < -0.3 is 9.47 Å². The topological polar surface area (TPSA) is 18.5 Å². The van der Waals surface area contributed by atoms with Gasteiger partial charge in [0.15, 0.2) is 11.5 Å². The molecule has 0 amide bonds. The van der Waals surface area contributed by atoms with Gasteiger partial charge in [0.2, 0.25) is 0 Å². The van der Waals surface area contributed by atoms with Crippen LogP contribution in [0.3, 0.4) is 0 Å². The van der Waals surface area contributed by atoms with Crippen LogP contribution in [-0.4, -0.2) is 12.2 Å². The highest BCUT2D eigenvalue weighted by Gasteiger charge is 2.24. The zero-order chi connectivity index (χ0) is 10.9. The summed E-state index contributed by atoms with van der Waals surface area (Å²) in [5.41, 5.74) is 0.834. The maximum atomic E-state index is 5.89. The molecule has 0 N–H and O–H groups in total. The highest BCUT2D eigenvalue weighted by atomic mass is 16.5. The Morgan fingerprint density at radius 1 is 1.33 bits per heavy atom. The normalized spacial score (nSPS) is 16.7. The van der Waals surface area contributed by atoms with Crippen molar-refractivity contribution in [3.8, 4) is 11.5 Å². The maximum Gasteiger partial charge on any atom is 0.169 e. The molecule has 1 aromatic carbocycles. The van der Waals surface area contributed by atoms with E-state index in [-0.39, 0.29) is 5.60 Å². The van der Waals surface area contributed by atoms with Crippen LogP contribution in [0.1, 0.15) is 26.3 Å². The molecule has 15 heavy (non-hydrogen) atoms. The lowest BCUT2D eigenvalue weighted by atomic mass is 10.0. The van der Waals surface area contributed by atoms with Crippen molar-refractivity contribution in [3.05, 3.63) is 29.8 Å². The Balaban J connectivity index is 2.43. The first-order valence-corrected chi connectivity index (χ1v) is 5.26. The second-order valence-electron chi connectivity index (χ2n) is 4.15. The third-order valence-electron chi connectivity index (χ3n) is 2.34. The Kier molecular flexibility index (Phi) is 2.43. The number of rotatable bonds is 2. The van der Waals surface area contributed by atoms with Crippen molar-refractivity contribution in [1.82, 2.24) is 0 Å². The molecule has 1 aliphatic heterocycles. The van der Waals surface area contributed by atoms with E-state index >= 15 is 0 Å². The molecule has 0 fully saturated rings. The van der Waals surface area contributed by atoms with Gasteiger partial charge in [-0.15, -0.1) is 0 Å². The first-order chi connectivity index (χ1) is 7.12. The number of hydrogen-bond acceptors (Lipinski definition) is 2. The molecule has 2 nitrogen and oxygen atoms in total. The van der Waals surface area contributed by atoms with Crippen LogP contribution in [0.4, 0.5) is 0 Å². The predicted octanol–water partition coefficient (Wildman–Crippen LogP) is 3.27. The van der Waals surface area contributed by atoms with Crippen LogP contribution >= 0.6 is 0 Å². The number of para-hydroxylation sites is 1. The van der Waals surface area contributed by atoms with Crippen molar-refractivity contribution in [2.45, 2.75) is 26.4 Å². The number of fused-ring (bicyclic) bond motifs is 1. The molecule has 0 spiro atoms. The van der Waals surface area contributed by atoms with Gasteiger partial charge in [-0.3, -0.25) is 0 Å². The van der Waals surface area contributed by atoms with Crippen molar-refractivity contribution in [3.63, 3.8) is 0 Å². The van der Waals surface area contributed by atoms with Gasteiger partial charge in [0, 0.05) is 5.56 Å². The number of hydrogen-bond donors (Lipinski definition) is 0. The fraction of sp³-hybridized carbons (Fsp3) is 0.385. The summed E-state index contributed by atoms with van der Waals surface area (Å²) < 4.78 is 11.4. The van der Waals surface area contributed by atoms with Crippen LogP contribution in [0.2, 0.25) is 0 Å². The molecule has 0 atom stereocenters. The fourth-order valence-electron chi connectivity index (χ4n) is 1.63. The van der Waals surface area contributed by atoms with E-state index in [4.69, 9.17) is 9.47 Å². The van der Waals surface area contributed by atoms with E-state index < -0.39 is 0 Å². The third-order valence-corrected chi connectivity index (χ3v) is 2.34. The molecule has 0 bridgehead atoms. The van der Waals surface area contributed by atoms with E-state index in [1.165, 1.54) is 0 Å². The second kappa shape index (κ2) is 3.61. The largest absolute Gasteiger partial charge is 0.490 e. The van der Waals surface area contributed by atoms with E-state index in [0.717, 1.165) is 17.1 Å². The van der Waals surface area contributed by atoms with Crippen molar-refractivity contribution >= 4 is 6.08 Å². The first-order valence-electron chi connectivity index (χ1n) is 5.26. The summed E-state index contributed by atoms with van der Waals surface area (Å²) in [5.74, 6) is 1.68. The van der Waals surface area contributed by atoms with Gasteiger partial charge in [-0.2, -0.15) is 0 Å². The molecular formula is C13H16O2. The van der Waals surface area contributed by atoms with Crippen LogP contribution in [0.5, 0.6) is 11.5 Å². The summed E-state index contributed by atoms with van der Waals surface area (Å²) in [7, 11) is 0. The lowest BCUT2D eigenvalue weighted by Crippen LogP contribution is -2.27. The fourth-order valence-corrected chi connectivity index (χ4v) is 1.63. The van der Waals surface area contributed by atoms with Crippen LogP contribution in [0.25, 0.3) is 6.08 Å². The average molecular weight is 204 g/mol. The average Bonchev–Trinajstić information content (AvgIpc) is 2.18. The predicted molar refractivity (Wildman–Crippen MR) is 61.4 cm³/mol. The van der Waals surface area contributed by atoms with Crippen LogP contribution < -0.4 is 9.47 Å². The van der Waals surface area contributed by atoms with Gasteiger partial charge in [0.25, 0.3) is 0 Å². The lowest BCUT2D eigenvalue weighted by molar-refractivity contribution is 0.150. The number of ether oxygens (including phenoxy) is 2. The molecule has 2 heteroatoms. The van der Waals surface area contributed by atoms with Crippen molar-refractivity contribution < 1.29 is 9.47 Å². The van der Waals surface area contributed by atoms with Crippen LogP contribution in [0, 0.1) is 0 Å². The van der Waals surface area contributed by atoms with Gasteiger partial charge in [-0.25, -0.2) is 0 Å². The Bertz CT molecular complexity index is 392. The van der Waals surface area contributed by atoms with Crippen LogP contribution in [0.15, 0.2) is 24.3 Å². The molecule has 0 radical (unpaired) electrons. The smallest absolute Gasteiger partial charge is 0.169 e. The zero-order valence-corrected chi connectivity index (χ0v) is 9.41. The highest BCUT2D eigenvalue weighted by molar-refractivity contribution is 5.65. The SMILES string of the molecule is CCOc1cccc2c1OC(C)(C)C=C2. The van der Waals surface area contributed by atoms with Gasteiger partial charge in [0.05, 0.1) is 6.61 Å². The Morgan fingerprint density at radius 3 is 2.87 bits per heavy atom. The summed E-state index contributed by atoms with van der Waals surface area (Å²) in [5, 5.41) is 0. The monoisotopic (exact) mass is 204 g/mol. The first kappa shape index (κ1) is 10.1. The summed E-state index contributed by atoms with van der Waals surface area (Å²) >= 11 is 0. The van der Waals surface area contributed by atoms with E-state index in [0.29, 0.717) is 6.61 Å². The molecular weight excluding hydrogens is 188 g/mol. The van der Waals surface area contributed by atoms with Gasteiger partial charge in [-0.05, 0) is 32.9 Å². The molecule has 1 heterocycles. The van der Waals surface area contributed by atoms with Crippen molar-refractivity contribution in [1.29, 1.82) is 0 Å². The Labute approximate surface area is 90.5 Å². The standard InChI is InChI=1S/C13H16O2/c1-4-14-11-7-5-6-10-8-9-13(2,3)15-12(10)11/h5-9H,4H2,1-3H3. The minimum Gasteiger partial charge on any atom is -0.490 e. The number of benzene rings is 1. The second-order valence-corrected chi connectivity index (χ2v) is 4.15. The minimum absolute atomic E-state index is 0.250. The zero-order valence-electron chi connectivity index (χ0n) is 9.41. The van der Waals surface area contributed by atoms with E-state index in [1.807, 2.05) is 39.0 Å².